The molecule has 1 unspecified atom stereocenters. The molecule has 2 aromatic carbocycles. The van der Waals surface area contributed by atoms with Gasteiger partial charge in [0, 0.05) is 55.0 Å². The van der Waals surface area contributed by atoms with Crippen molar-refractivity contribution >= 4 is 28.9 Å². The molecule has 0 aromatic heterocycles. The van der Waals surface area contributed by atoms with Crippen LogP contribution in [0.1, 0.15) is 12.8 Å². The lowest BCUT2D eigenvalue weighted by atomic mass is 10.1. The van der Waals surface area contributed by atoms with Gasteiger partial charge in [-0.2, -0.15) is 0 Å². The zero-order valence-corrected chi connectivity index (χ0v) is 18.1. The van der Waals surface area contributed by atoms with Gasteiger partial charge in [-0.15, -0.1) is 13.2 Å². The van der Waals surface area contributed by atoms with Gasteiger partial charge in [-0.1, -0.05) is 11.6 Å². The Balaban J connectivity index is 1.54. The summed E-state index contributed by atoms with van der Waals surface area (Å²) in [7, 11) is 0. The minimum atomic E-state index is -4.72. The molecule has 32 heavy (non-hydrogen) atoms. The molecular weight excluding hydrogens is 447 g/mol. The highest BCUT2D eigenvalue weighted by atomic mass is 35.5. The normalized spacial score (nSPS) is 16.3. The molecule has 1 fully saturated rings. The average molecular weight is 472 g/mol. The zero-order valence-electron chi connectivity index (χ0n) is 17.3. The Kier molecular flexibility index (Phi) is 8.22. The Morgan fingerprint density at radius 2 is 1.75 bits per heavy atom. The maximum atomic E-state index is 12.4. The third-order valence-electron chi connectivity index (χ3n) is 5.24. The number of aliphatic hydroxyl groups excluding tert-OH is 1. The lowest BCUT2D eigenvalue weighted by molar-refractivity contribution is -0.274. The van der Waals surface area contributed by atoms with Gasteiger partial charge < -0.3 is 20.1 Å². The number of hydrogen-bond acceptors (Lipinski definition) is 5. The van der Waals surface area contributed by atoms with Gasteiger partial charge >= 0.3 is 6.36 Å². The van der Waals surface area contributed by atoms with Crippen molar-refractivity contribution in [2.75, 3.05) is 43.0 Å². The number of anilines is 2. The molecule has 0 spiro atoms. The molecule has 2 N–H and O–H groups in total. The molecule has 1 atom stereocenters. The number of carbonyl (C=O) groups is 1. The lowest BCUT2D eigenvalue weighted by Gasteiger charge is -2.29. The number of amides is 1. The molecular formula is C22H25ClF3N3O3. The summed E-state index contributed by atoms with van der Waals surface area (Å²) in [5, 5.41) is 13.3. The first-order chi connectivity index (χ1) is 15.2. The second kappa shape index (κ2) is 10.9. The molecule has 2 aromatic rings. The highest BCUT2D eigenvalue weighted by Crippen LogP contribution is 2.26. The third-order valence-corrected chi connectivity index (χ3v) is 5.49. The molecule has 0 saturated carbocycles. The van der Waals surface area contributed by atoms with Crippen molar-refractivity contribution in [1.29, 1.82) is 0 Å². The number of benzene rings is 2. The predicted octanol–water partition coefficient (Wildman–Crippen LogP) is 4.14. The summed E-state index contributed by atoms with van der Waals surface area (Å²) in [6, 6.07) is 12.3. The molecule has 174 valence electrons. The number of hydrogen-bond donors (Lipinski definition) is 2. The van der Waals surface area contributed by atoms with Crippen LogP contribution in [0.15, 0.2) is 48.5 Å². The summed E-state index contributed by atoms with van der Waals surface area (Å²) in [5.41, 5.74) is 1.43. The van der Waals surface area contributed by atoms with Crippen molar-refractivity contribution in [1.82, 2.24) is 4.90 Å². The minimum Gasteiger partial charge on any atom is -0.406 e. The smallest absolute Gasteiger partial charge is 0.406 e. The van der Waals surface area contributed by atoms with Crippen LogP contribution in [0.4, 0.5) is 24.5 Å². The lowest BCUT2D eigenvalue weighted by Crippen LogP contribution is -2.42. The summed E-state index contributed by atoms with van der Waals surface area (Å²) < 4.78 is 40.9. The maximum absolute atomic E-state index is 12.4. The average Bonchev–Trinajstić information content (AvgIpc) is 2.99. The number of carbonyl (C=O) groups excluding carboxylic acids is 1. The number of alkyl halides is 3. The molecule has 0 bridgehead atoms. The highest BCUT2D eigenvalue weighted by molar-refractivity contribution is 6.30. The van der Waals surface area contributed by atoms with Crippen LogP contribution in [0.25, 0.3) is 0 Å². The fourth-order valence-electron chi connectivity index (χ4n) is 3.69. The van der Waals surface area contributed by atoms with Crippen LogP contribution in [0.5, 0.6) is 5.75 Å². The third kappa shape index (κ3) is 7.29. The van der Waals surface area contributed by atoms with Crippen molar-refractivity contribution in [3.63, 3.8) is 0 Å². The minimum absolute atomic E-state index is 0.141. The first-order valence-electron chi connectivity index (χ1n) is 10.2. The SMILES string of the molecule is O=C(CC(CO)N1CCCN(c2ccc(OC(F)(F)F)cc2)CC1)Nc1ccc(Cl)cc1. The standard InChI is InChI=1S/C22H25ClF3N3O3/c23-16-2-4-17(5-3-16)27-21(31)14-19(15-30)29-11-1-10-28(12-13-29)18-6-8-20(9-7-18)32-22(24,25)26/h2-9,19,30H,1,10-15H2,(H,27,31). The largest absolute Gasteiger partial charge is 0.573 e. The van der Waals surface area contributed by atoms with Crippen LogP contribution in [0.2, 0.25) is 5.02 Å². The van der Waals surface area contributed by atoms with E-state index < -0.39 is 6.36 Å². The van der Waals surface area contributed by atoms with Crippen LogP contribution < -0.4 is 15.0 Å². The van der Waals surface area contributed by atoms with Gasteiger partial charge in [-0.25, -0.2) is 0 Å². The van der Waals surface area contributed by atoms with E-state index in [2.05, 4.69) is 19.9 Å². The number of rotatable bonds is 7. The molecule has 3 rings (SSSR count). The van der Waals surface area contributed by atoms with E-state index in [1.165, 1.54) is 12.1 Å². The maximum Gasteiger partial charge on any atom is 0.573 e. The Morgan fingerprint density at radius 3 is 2.38 bits per heavy atom. The van der Waals surface area contributed by atoms with E-state index in [9.17, 15) is 23.1 Å². The summed E-state index contributed by atoms with van der Waals surface area (Å²) in [6.45, 7) is 2.49. The fourth-order valence-corrected chi connectivity index (χ4v) is 3.81. The number of ether oxygens (including phenoxy) is 1. The second-order valence-corrected chi connectivity index (χ2v) is 7.95. The Hall–Kier alpha value is -2.49. The monoisotopic (exact) mass is 471 g/mol. The first kappa shape index (κ1) is 24.2. The number of halogens is 4. The number of nitrogens with zero attached hydrogens (tertiary/aromatic N) is 2. The molecule has 0 aliphatic carbocycles. The van der Waals surface area contributed by atoms with Gasteiger partial charge in [0.15, 0.2) is 0 Å². The van der Waals surface area contributed by atoms with Crippen molar-refractivity contribution in [2.45, 2.75) is 25.2 Å². The molecule has 1 aliphatic heterocycles. The topological polar surface area (TPSA) is 65.0 Å². The quantitative estimate of drug-likeness (QED) is 0.635. The van der Waals surface area contributed by atoms with Crippen molar-refractivity contribution in [2.24, 2.45) is 0 Å². The summed E-state index contributed by atoms with van der Waals surface area (Å²) in [6.07, 6.45) is -3.79. The summed E-state index contributed by atoms with van der Waals surface area (Å²) in [4.78, 5) is 16.6. The van der Waals surface area contributed by atoms with Gasteiger partial charge in [-0.05, 0) is 55.0 Å². The Morgan fingerprint density at radius 1 is 1.06 bits per heavy atom. The van der Waals surface area contributed by atoms with E-state index in [0.717, 1.165) is 12.1 Å². The van der Waals surface area contributed by atoms with Gasteiger partial charge in [0.25, 0.3) is 0 Å². The van der Waals surface area contributed by atoms with Crippen LogP contribution in [0, 0.1) is 0 Å². The van der Waals surface area contributed by atoms with Crippen LogP contribution >= 0.6 is 11.6 Å². The second-order valence-electron chi connectivity index (χ2n) is 7.51. The van der Waals surface area contributed by atoms with Crippen LogP contribution in [0.3, 0.4) is 0 Å². The van der Waals surface area contributed by atoms with E-state index in [1.807, 2.05) is 0 Å². The molecule has 6 nitrogen and oxygen atoms in total. The predicted molar refractivity (Wildman–Crippen MR) is 117 cm³/mol. The van der Waals surface area contributed by atoms with Gasteiger partial charge in [-0.3, -0.25) is 9.69 Å². The molecule has 10 heteroatoms. The molecule has 0 radical (unpaired) electrons. The van der Waals surface area contributed by atoms with E-state index in [1.54, 1.807) is 36.4 Å². The van der Waals surface area contributed by atoms with Crippen molar-refractivity contribution in [3.05, 3.63) is 53.6 Å². The number of aliphatic hydroxyl groups is 1. The summed E-state index contributed by atoms with van der Waals surface area (Å²) >= 11 is 5.85. The van der Waals surface area contributed by atoms with E-state index in [0.29, 0.717) is 36.9 Å². The summed E-state index contributed by atoms with van der Waals surface area (Å²) in [5.74, 6) is -0.461. The first-order valence-corrected chi connectivity index (χ1v) is 10.6. The molecule has 1 saturated heterocycles. The highest BCUT2D eigenvalue weighted by Gasteiger charge is 2.31. The molecule has 1 heterocycles. The fraction of sp³-hybridized carbons (Fsp3) is 0.409. The van der Waals surface area contributed by atoms with Crippen LogP contribution in [-0.4, -0.2) is 61.1 Å². The molecule has 1 aliphatic rings. The van der Waals surface area contributed by atoms with E-state index in [-0.39, 0.29) is 30.7 Å². The van der Waals surface area contributed by atoms with Crippen molar-refractivity contribution < 1.29 is 27.8 Å². The van der Waals surface area contributed by atoms with E-state index >= 15 is 0 Å². The Labute approximate surface area is 189 Å². The zero-order chi connectivity index (χ0) is 23.1. The van der Waals surface area contributed by atoms with Crippen LogP contribution in [-0.2, 0) is 4.79 Å². The molecule has 1 amide bonds. The Bertz CT molecular complexity index is 879. The number of nitrogens with one attached hydrogen (secondary N) is 1. The van der Waals surface area contributed by atoms with Gasteiger partial charge in [0.05, 0.1) is 6.61 Å². The van der Waals surface area contributed by atoms with Gasteiger partial charge in [0.1, 0.15) is 5.75 Å². The van der Waals surface area contributed by atoms with Gasteiger partial charge in [0.2, 0.25) is 5.91 Å². The van der Waals surface area contributed by atoms with E-state index in [4.69, 9.17) is 11.6 Å². The van der Waals surface area contributed by atoms with Crippen molar-refractivity contribution in [3.8, 4) is 5.75 Å².